The van der Waals surface area contributed by atoms with Crippen molar-refractivity contribution < 1.29 is 33.4 Å². The van der Waals surface area contributed by atoms with Crippen molar-refractivity contribution in [3.63, 3.8) is 0 Å². The van der Waals surface area contributed by atoms with Gasteiger partial charge in [0, 0.05) is 5.56 Å². The van der Waals surface area contributed by atoms with Crippen molar-refractivity contribution in [1.82, 2.24) is 4.90 Å². The van der Waals surface area contributed by atoms with Gasteiger partial charge in [-0.1, -0.05) is 12.2 Å². The zero-order valence-corrected chi connectivity index (χ0v) is 15.7. The van der Waals surface area contributed by atoms with E-state index >= 15 is 0 Å². The van der Waals surface area contributed by atoms with Gasteiger partial charge in [-0.05, 0) is 31.0 Å². The fraction of sp³-hybridized carbons (Fsp3) is 0.400. The van der Waals surface area contributed by atoms with Crippen LogP contribution in [0.2, 0.25) is 0 Å². The molecule has 0 N–H and O–H groups in total. The number of allylic oxidation sites excluding steroid dienone is 2. The zero-order valence-electron chi connectivity index (χ0n) is 15.7. The van der Waals surface area contributed by atoms with Crippen molar-refractivity contribution in [1.29, 1.82) is 0 Å². The molecule has 1 saturated heterocycles. The molecule has 3 rings (SSSR count). The molecule has 0 saturated carbocycles. The number of amides is 2. The van der Waals surface area contributed by atoms with E-state index in [4.69, 9.17) is 14.2 Å². The Morgan fingerprint density at radius 1 is 1.00 bits per heavy atom. The Morgan fingerprint density at radius 2 is 1.61 bits per heavy atom. The average Bonchev–Trinajstić information content (AvgIpc) is 2.96. The van der Waals surface area contributed by atoms with Gasteiger partial charge in [-0.25, -0.2) is 0 Å². The number of imide groups is 1. The van der Waals surface area contributed by atoms with Gasteiger partial charge < -0.3 is 14.2 Å². The topological polar surface area (TPSA) is 99.2 Å². The van der Waals surface area contributed by atoms with Crippen LogP contribution in [0.4, 0.5) is 0 Å². The number of rotatable bonds is 7. The molecule has 148 valence electrons. The van der Waals surface area contributed by atoms with E-state index in [0.29, 0.717) is 24.3 Å². The fourth-order valence-electron chi connectivity index (χ4n) is 3.44. The van der Waals surface area contributed by atoms with Crippen LogP contribution < -0.4 is 9.47 Å². The number of ketones is 1. The minimum atomic E-state index is -0.804. The summed E-state index contributed by atoms with van der Waals surface area (Å²) in [5.41, 5.74) is 0.288. The standard InChI is InChI=1S/C20H21NO7/c1-26-16-8-7-12(9-17(16)27-2)15(22)11-28-18(23)10-21-19(24)13-5-3-4-6-14(13)20(21)25/h3-4,7-9,13-14H,5-6,10-11H2,1-2H3/t13-,14-/m0/s1. The van der Waals surface area contributed by atoms with Crippen LogP contribution in [0, 0.1) is 11.8 Å². The SMILES string of the molecule is COc1ccc(C(=O)COC(=O)CN2C(=O)[C@H]3CC=CC[C@@H]3C2=O)cc1OC. The van der Waals surface area contributed by atoms with Crippen molar-refractivity contribution in [3.05, 3.63) is 35.9 Å². The molecular formula is C20H21NO7. The summed E-state index contributed by atoms with van der Waals surface area (Å²) >= 11 is 0. The van der Waals surface area contributed by atoms with E-state index in [0.717, 1.165) is 4.90 Å². The molecule has 28 heavy (non-hydrogen) atoms. The number of benzene rings is 1. The smallest absolute Gasteiger partial charge is 0.326 e. The number of esters is 1. The number of fused-ring (bicyclic) bond motifs is 1. The molecule has 8 heteroatoms. The minimum absolute atomic E-state index is 0.288. The number of carbonyl (C=O) groups excluding carboxylic acids is 4. The van der Waals surface area contributed by atoms with E-state index < -0.39 is 36.7 Å². The van der Waals surface area contributed by atoms with E-state index in [-0.39, 0.29) is 17.4 Å². The Balaban J connectivity index is 1.56. The average molecular weight is 387 g/mol. The number of hydrogen-bond donors (Lipinski definition) is 0. The summed E-state index contributed by atoms with van der Waals surface area (Å²) in [6.45, 7) is -0.983. The number of methoxy groups -OCH3 is 2. The maximum Gasteiger partial charge on any atom is 0.326 e. The summed E-state index contributed by atoms with van der Waals surface area (Å²) in [6, 6.07) is 4.59. The molecule has 2 amide bonds. The van der Waals surface area contributed by atoms with Crippen molar-refractivity contribution in [3.8, 4) is 11.5 Å². The van der Waals surface area contributed by atoms with Crippen LogP contribution in [-0.2, 0) is 19.1 Å². The monoisotopic (exact) mass is 387 g/mol. The van der Waals surface area contributed by atoms with Gasteiger partial charge in [0.25, 0.3) is 0 Å². The highest BCUT2D eigenvalue weighted by atomic mass is 16.5. The number of nitrogens with zero attached hydrogens (tertiary/aromatic N) is 1. The summed E-state index contributed by atoms with van der Waals surface area (Å²) < 4.78 is 15.2. The predicted octanol–water partition coefficient (Wildman–Crippen LogP) is 1.38. The molecule has 2 atom stereocenters. The lowest BCUT2D eigenvalue weighted by Gasteiger charge is -2.14. The first-order valence-corrected chi connectivity index (χ1v) is 8.87. The number of hydrogen-bond acceptors (Lipinski definition) is 7. The first kappa shape index (κ1) is 19.6. The molecule has 1 aromatic rings. The molecule has 0 radical (unpaired) electrons. The highest BCUT2D eigenvalue weighted by molar-refractivity contribution is 6.07. The third kappa shape index (κ3) is 3.76. The summed E-state index contributed by atoms with van der Waals surface area (Å²) in [5, 5.41) is 0. The number of carbonyl (C=O) groups is 4. The molecular weight excluding hydrogens is 366 g/mol. The van der Waals surface area contributed by atoms with E-state index in [1.165, 1.54) is 26.4 Å². The quantitative estimate of drug-likeness (QED) is 0.302. The van der Waals surface area contributed by atoms with Gasteiger partial charge in [0.1, 0.15) is 6.54 Å². The zero-order chi connectivity index (χ0) is 20.3. The molecule has 1 fully saturated rings. The van der Waals surface area contributed by atoms with E-state index in [2.05, 4.69) is 0 Å². The molecule has 0 bridgehead atoms. The summed E-state index contributed by atoms with van der Waals surface area (Å²) in [7, 11) is 2.93. The summed E-state index contributed by atoms with van der Waals surface area (Å²) in [4.78, 5) is 50.0. The molecule has 0 unspecified atom stereocenters. The fourth-order valence-corrected chi connectivity index (χ4v) is 3.44. The van der Waals surface area contributed by atoms with Crippen molar-refractivity contribution in [2.75, 3.05) is 27.4 Å². The lowest BCUT2D eigenvalue weighted by atomic mass is 9.85. The van der Waals surface area contributed by atoms with Gasteiger partial charge in [-0.2, -0.15) is 0 Å². The van der Waals surface area contributed by atoms with Gasteiger partial charge in [0.15, 0.2) is 23.9 Å². The second-order valence-electron chi connectivity index (χ2n) is 6.57. The van der Waals surface area contributed by atoms with Crippen molar-refractivity contribution in [2.45, 2.75) is 12.8 Å². The van der Waals surface area contributed by atoms with Crippen LogP contribution in [0.5, 0.6) is 11.5 Å². The Hall–Kier alpha value is -3.16. The van der Waals surface area contributed by atoms with Crippen LogP contribution in [-0.4, -0.2) is 55.8 Å². The highest BCUT2D eigenvalue weighted by Crippen LogP contribution is 2.34. The van der Waals surface area contributed by atoms with Crippen LogP contribution in [0.25, 0.3) is 0 Å². The van der Waals surface area contributed by atoms with Gasteiger partial charge in [0.05, 0.1) is 26.1 Å². The van der Waals surface area contributed by atoms with Crippen molar-refractivity contribution >= 4 is 23.6 Å². The van der Waals surface area contributed by atoms with Crippen LogP contribution in [0.1, 0.15) is 23.2 Å². The molecule has 2 aliphatic rings. The van der Waals surface area contributed by atoms with Gasteiger partial charge in [0.2, 0.25) is 11.8 Å². The summed E-state index contributed by atoms with van der Waals surface area (Å²) in [6.07, 6.45) is 4.74. The largest absolute Gasteiger partial charge is 0.493 e. The third-order valence-corrected chi connectivity index (χ3v) is 4.96. The lowest BCUT2D eigenvalue weighted by Crippen LogP contribution is -2.37. The predicted molar refractivity (Wildman–Crippen MR) is 96.9 cm³/mol. The Bertz CT molecular complexity index is 819. The molecule has 1 aliphatic carbocycles. The first-order valence-electron chi connectivity index (χ1n) is 8.87. The second kappa shape index (κ2) is 8.24. The minimum Gasteiger partial charge on any atom is -0.493 e. The van der Waals surface area contributed by atoms with E-state index in [1.807, 2.05) is 12.2 Å². The second-order valence-corrected chi connectivity index (χ2v) is 6.57. The maximum atomic E-state index is 12.3. The lowest BCUT2D eigenvalue weighted by molar-refractivity contribution is -0.152. The Morgan fingerprint density at radius 3 is 2.18 bits per heavy atom. The number of Topliss-reactive ketones (excluding diaryl/α,β-unsaturated/α-hetero) is 1. The maximum absolute atomic E-state index is 12.3. The Labute approximate surface area is 162 Å². The molecule has 0 aromatic heterocycles. The first-order chi connectivity index (χ1) is 13.5. The number of likely N-dealkylation sites (tertiary alicyclic amines) is 1. The van der Waals surface area contributed by atoms with E-state index in [9.17, 15) is 19.2 Å². The van der Waals surface area contributed by atoms with Gasteiger partial charge >= 0.3 is 5.97 Å². The number of ether oxygens (including phenoxy) is 3. The Kier molecular flexibility index (Phi) is 5.77. The summed E-state index contributed by atoms with van der Waals surface area (Å²) in [5.74, 6) is -1.92. The van der Waals surface area contributed by atoms with E-state index in [1.54, 1.807) is 6.07 Å². The van der Waals surface area contributed by atoms with Crippen LogP contribution in [0.15, 0.2) is 30.4 Å². The molecule has 8 nitrogen and oxygen atoms in total. The van der Waals surface area contributed by atoms with Crippen LogP contribution in [0.3, 0.4) is 0 Å². The molecule has 1 aliphatic heterocycles. The van der Waals surface area contributed by atoms with Crippen LogP contribution >= 0.6 is 0 Å². The van der Waals surface area contributed by atoms with Crippen molar-refractivity contribution in [2.24, 2.45) is 11.8 Å². The molecule has 1 heterocycles. The molecule has 1 aromatic carbocycles. The van der Waals surface area contributed by atoms with Gasteiger partial charge in [-0.3, -0.25) is 24.1 Å². The van der Waals surface area contributed by atoms with Gasteiger partial charge in [-0.15, -0.1) is 0 Å². The normalized spacial score (nSPS) is 20.7. The third-order valence-electron chi connectivity index (χ3n) is 4.96. The molecule has 0 spiro atoms. The highest BCUT2D eigenvalue weighted by Gasteiger charge is 2.47.